The van der Waals surface area contributed by atoms with E-state index in [-0.39, 0.29) is 35.6 Å². The molecule has 3 nitrogen and oxygen atoms in total. The van der Waals surface area contributed by atoms with E-state index in [1.165, 1.54) is 5.56 Å². The quantitative estimate of drug-likeness (QED) is 0.818. The summed E-state index contributed by atoms with van der Waals surface area (Å²) in [7, 11) is 0. The fraction of sp³-hybridized carbons (Fsp3) is 0.320. The van der Waals surface area contributed by atoms with Gasteiger partial charge in [0.15, 0.2) is 5.78 Å². The van der Waals surface area contributed by atoms with Crippen molar-refractivity contribution in [2.45, 2.75) is 39.9 Å². The molecule has 0 amide bonds. The van der Waals surface area contributed by atoms with E-state index in [4.69, 9.17) is 4.74 Å². The molecule has 3 heteroatoms. The SMILES string of the molecule is Cc1ccc(C2=C[C@@H]3O[C@H]2[C@H]2C(O)=C(c4c(C)cc(C)cc4C)C(=O)[C@H]23)cc1. The molecule has 2 heterocycles. The number of benzene rings is 2. The molecule has 3 aliphatic rings. The molecule has 142 valence electrons. The summed E-state index contributed by atoms with van der Waals surface area (Å²) in [5.74, 6) is -0.372. The second kappa shape index (κ2) is 5.92. The summed E-state index contributed by atoms with van der Waals surface area (Å²) in [6.07, 6.45) is 1.56. The zero-order valence-corrected chi connectivity index (χ0v) is 16.6. The standard InChI is InChI=1S/C25H24O3/c1-12-5-7-16(8-6-12)17-11-18-20-22(25(17)28-18)24(27)21(23(20)26)19-14(3)9-13(2)10-15(19)4/h5-11,18,20,22,25,27H,1-4H3/t18-,20-,22+,25+/m0/s1. The first-order valence-corrected chi connectivity index (χ1v) is 9.86. The van der Waals surface area contributed by atoms with Gasteiger partial charge in [-0.2, -0.15) is 0 Å². The third-order valence-electron chi connectivity index (χ3n) is 6.45. The van der Waals surface area contributed by atoms with E-state index in [0.29, 0.717) is 5.57 Å². The maximum atomic E-state index is 13.3. The Morgan fingerprint density at radius 2 is 1.54 bits per heavy atom. The molecule has 1 saturated heterocycles. The van der Waals surface area contributed by atoms with Crippen LogP contribution in [0.1, 0.15) is 33.4 Å². The molecule has 0 unspecified atom stereocenters. The van der Waals surface area contributed by atoms with Crippen molar-refractivity contribution in [2.24, 2.45) is 11.8 Å². The van der Waals surface area contributed by atoms with Crippen LogP contribution in [0, 0.1) is 39.5 Å². The van der Waals surface area contributed by atoms with E-state index < -0.39 is 0 Å². The number of hydrogen-bond donors (Lipinski definition) is 1. The third kappa shape index (κ3) is 2.29. The van der Waals surface area contributed by atoms with Crippen molar-refractivity contribution in [3.05, 3.63) is 81.6 Å². The average molecular weight is 372 g/mol. The molecular formula is C25H24O3. The number of aliphatic hydroxyl groups excluding tert-OH is 1. The lowest BCUT2D eigenvalue weighted by Crippen LogP contribution is -2.28. The number of hydrogen-bond acceptors (Lipinski definition) is 3. The van der Waals surface area contributed by atoms with Crippen molar-refractivity contribution in [2.75, 3.05) is 0 Å². The van der Waals surface area contributed by atoms with Crippen molar-refractivity contribution < 1.29 is 14.6 Å². The molecule has 1 aliphatic carbocycles. The molecule has 0 spiro atoms. The number of allylic oxidation sites excluding steroid dienone is 1. The van der Waals surface area contributed by atoms with Crippen LogP contribution in [0.4, 0.5) is 0 Å². The monoisotopic (exact) mass is 372 g/mol. The van der Waals surface area contributed by atoms with Crippen molar-refractivity contribution in [3.63, 3.8) is 0 Å². The van der Waals surface area contributed by atoms with Crippen molar-refractivity contribution >= 4 is 16.9 Å². The highest BCUT2D eigenvalue weighted by Gasteiger charge is 2.59. The van der Waals surface area contributed by atoms with Crippen LogP contribution >= 0.6 is 0 Å². The number of Topliss-reactive ketones (excluding diaryl/α,β-unsaturated/α-hetero) is 1. The Hall–Kier alpha value is -2.65. The number of aliphatic hydroxyl groups is 1. The largest absolute Gasteiger partial charge is 0.511 e. The molecule has 2 aromatic rings. The van der Waals surface area contributed by atoms with Crippen LogP contribution in [0.3, 0.4) is 0 Å². The van der Waals surface area contributed by atoms with E-state index in [2.05, 4.69) is 56.3 Å². The summed E-state index contributed by atoms with van der Waals surface area (Å²) in [5, 5.41) is 11.2. The number of rotatable bonds is 2. The van der Waals surface area contributed by atoms with E-state index in [9.17, 15) is 9.90 Å². The Morgan fingerprint density at radius 3 is 2.18 bits per heavy atom. The number of ether oxygens (including phenoxy) is 1. The van der Waals surface area contributed by atoms with Crippen LogP contribution in [0.25, 0.3) is 11.1 Å². The van der Waals surface area contributed by atoms with E-state index in [1.54, 1.807) is 0 Å². The Morgan fingerprint density at radius 1 is 0.893 bits per heavy atom. The lowest BCUT2D eigenvalue weighted by Gasteiger charge is -2.21. The number of carbonyl (C=O) groups is 1. The van der Waals surface area contributed by atoms with Gasteiger partial charge in [0.25, 0.3) is 0 Å². The predicted molar refractivity (Wildman–Crippen MR) is 110 cm³/mol. The summed E-state index contributed by atoms with van der Waals surface area (Å²) >= 11 is 0. The zero-order chi connectivity index (χ0) is 19.7. The van der Waals surface area contributed by atoms with Crippen LogP contribution in [-0.2, 0) is 9.53 Å². The van der Waals surface area contributed by atoms with Gasteiger partial charge in [0.2, 0.25) is 0 Å². The minimum atomic E-state index is -0.311. The summed E-state index contributed by atoms with van der Waals surface area (Å²) in [5.41, 5.74) is 8.02. The first kappa shape index (κ1) is 17.4. The highest BCUT2D eigenvalue weighted by Crippen LogP contribution is 2.55. The van der Waals surface area contributed by atoms with Gasteiger partial charge in [0.1, 0.15) is 5.76 Å². The van der Waals surface area contributed by atoms with Gasteiger partial charge in [0, 0.05) is 0 Å². The predicted octanol–water partition coefficient (Wildman–Crippen LogP) is 4.87. The molecule has 28 heavy (non-hydrogen) atoms. The Bertz CT molecular complexity index is 1050. The van der Waals surface area contributed by atoms with Crippen LogP contribution in [0.5, 0.6) is 0 Å². The van der Waals surface area contributed by atoms with Gasteiger partial charge in [-0.05, 0) is 61.6 Å². The highest BCUT2D eigenvalue weighted by molar-refractivity contribution is 6.26. The number of ketones is 1. The molecule has 2 aromatic carbocycles. The van der Waals surface area contributed by atoms with E-state index >= 15 is 0 Å². The normalized spacial score (nSPS) is 28.1. The maximum Gasteiger partial charge on any atom is 0.173 e. The van der Waals surface area contributed by atoms with Gasteiger partial charge < -0.3 is 9.84 Å². The number of fused-ring (bicyclic) bond motifs is 5. The zero-order valence-electron chi connectivity index (χ0n) is 16.6. The van der Waals surface area contributed by atoms with Gasteiger partial charge in [0.05, 0.1) is 29.6 Å². The Labute approximate surface area is 165 Å². The van der Waals surface area contributed by atoms with Gasteiger partial charge in [-0.25, -0.2) is 0 Å². The van der Waals surface area contributed by atoms with Crippen molar-refractivity contribution in [3.8, 4) is 0 Å². The minimum absolute atomic E-state index is 0.0178. The Kier molecular flexibility index (Phi) is 3.69. The first-order valence-electron chi connectivity index (χ1n) is 9.86. The molecule has 4 atom stereocenters. The molecule has 1 fully saturated rings. The summed E-state index contributed by atoms with van der Waals surface area (Å²) < 4.78 is 6.13. The molecular weight excluding hydrogens is 348 g/mol. The van der Waals surface area contributed by atoms with Crippen molar-refractivity contribution in [1.82, 2.24) is 0 Å². The van der Waals surface area contributed by atoms with Gasteiger partial charge >= 0.3 is 0 Å². The van der Waals surface area contributed by atoms with E-state index in [1.807, 2.05) is 13.8 Å². The minimum Gasteiger partial charge on any atom is -0.511 e. The molecule has 0 radical (unpaired) electrons. The molecule has 2 bridgehead atoms. The lowest BCUT2D eigenvalue weighted by molar-refractivity contribution is -0.118. The molecule has 1 N–H and O–H groups in total. The summed E-state index contributed by atoms with van der Waals surface area (Å²) in [6, 6.07) is 12.5. The average Bonchev–Trinajstić information content (AvgIpc) is 3.29. The number of aryl methyl sites for hydroxylation is 4. The number of carbonyl (C=O) groups excluding carboxylic acids is 1. The van der Waals surface area contributed by atoms with Gasteiger partial charge in [-0.15, -0.1) is 0 Å². The van der Waals surface area contributed by atoms with Crippen LogP contribution in [0.2, 0.25) is 0 Å². The maximum absolute atomic E-state index is 13.3. The fourth-order valence-corrected chi connectivity index (χ4v) is 5.33. The van der Waals surface area contributed by atoms with Crippen molar-refractivity contribution in [1.29, 1.82) is 0 Å². The smallest absolute Gasteiger partial charge is 0.173 e. The first-order chi connectivity index (χ1) is 13.4. The van der Waals surface area contributed by atoms with E-state index in [0.717, 1.165) is 33.4 Å². The van der Waals surface area contributed by atoms with Crippen LogP contribution < -0.4 is 0 Å². The highest BCUT2D eigenvalue weighted by atomic mass is 16.5. The van der Waals surface area contributed by atoms with Gasteiger partial charge in [-0.3, -0.25) is 4.79 Å². The van der Waals surface area contributed by atoms with Gasteiger partial charge in [-0.1, -0.05) is 47.5 Å². The topological polar surface area (TPSA) is 46.5 Å². The molecule has 0 aromatic heterocycles. The second-order valence-electron chi connectivity index (χ2n) is 8.46. The second-order valence-corrected chi connectivity index (χ2v) is 8.46. The van der Waals surface area contributed by atoms with Crippen LogP contribution in [-0.4, -0.2) is 23.1 Å². The molecule has 2 aliphatic heterocycles. The summed E-state index contributed by atoms with van der Waals surface area (Å²) in [4.78, 5) is 13.3. The lowest BCUT2D eigenvalue weighted by atomic mass is 9.78. The molecule has 0 saturated carbocycles. The Balaban J connectivity index is 1.59. The summed E-state index contributed by atoms with van der Waals surface area (Å²) in [6.45, 7) is 8.14. The third-order valence-corrected chi connectivity index (χ3v) is 6.45. The van der Waals surface area contributed by atoms with Crippen LogP contribution in [0.15, 0.2) is 48.2 Å². The fourth-order valence-electron chi connectivity index (χ4n) is 5.33. The molecule has 5 rings (SSSR count).